The molecule has 1 amide bonds. The summed E-state index contributed by atoms with van der Waals surface area (Å²) in [5, 5.41) is 4.16. The molecule has 0 N–H and O–H groups in total. The fourth-order valence-corrected chi connectivity index (χ4v) is 5.11. The van der Waals surface area contributed by atoms with Crippen LogP contribution in [0.4, 0.5) is 0 Å². The summed E-state index contributed by atoms with van der Waals surface area (Å²) in [4.78, 5) is 29.0. The number of aromatic nitrogens is 4. The molecule has 32 heavy (non-hydrogen) atoms. The number of fused-ring (bicyclic) bond motifs is 1. The average Bonchev–Trinajstić information content (AvgIpc) is 3.46. The highest BCUT2D eigenvalue weighted by Gasteiger charge is 2.29. The lowest BCUT2D eigenvalue weighted by Gasteiger charge is -2.36. The third kappa shape index (κ3) is 5.82. The fourth-order valence-electron chi connectivity index (χ4n) is 5.11. The molecule has 2 fully saturated rings. The Bertz CT molecular complexity index is 865. The number of likely N-dealkylation sites (N-methyl/N-ethyl adjacent to an activating group) is 1. The third-order valence-corrected chi connectivity index (χ3v) is 7.03. The van der Waals surface area contributed by atoms with E-state index in [4.69, 9.17) is 4.74 Å². The Hall–Kier alpha value is -2.10. The smallest absolute Gasteiger partial charge is 0.252 e. The summed E-state index contributed by atoms with van der Waals surface area (Å²) in [6, 6.07) is 0.474. The highest BCUT2D eigenvalue weighted by Crippen LogP contribution is 2.22. The van der Waals surface area contributed by atoms with Gasteiger partial charge in [0, 0.05) is 45.2 Å². The number of methoxy groups -OCH3 is 1. The van der Waals surface area contributed by atoms with Gasteiger partial charge in [0.25, 0.3) is 5.78 Å². The van der Waals surface area contributed by atoms with Crippen molar-refractivity contribution in [1.29, 1.82) is 0 Å². The van der Waals surface area contributed by atoms with Gasteiger partial charge in [-0.3, -0.25) is 9.69 Å². The van der Waals surface area contributed by atoms with Crippen molar-refractivity contribution in [2.24, 2.45) is 5.92 Å². The molecule has 0 bridgehead atoms. The molecule has 0 aromatic carbocycles. The third-order valence-electron chi connectivity index (χ3n) is 7.03. The maximum atomic E-state index is 13.5. The largest absolute Gasteiger partial charge is 0.383 e. The number of piperidine rings is 1. The quantitative estimate of drug-likeness (QED) is 0.548. The van der Waals surface area contributed by atoms with Crippen molar-refractivity contribution in [2.45, 2.75) is 45.1 Å². The Balaban J connectivity index is 1.40. The molecular formula is C23H37N7O2. The van der Waals surface area contributed by atoms with Crippen molar-refractivity contribution >= 4 is 11.7 Å². The number of amides is 1. The molecule has 176 valence electrons. The number of carbonyl (C=O) groups excluding carboxylic acids is 1. The number of ether oxygens (including phenoxy) is 1. The average molecular weight is 444 g/mol. The summed E-state index contributed by atoms with van der Waals surface area (Å²) in [6.07, 6.45) is 10.2. The van der Waals surface area contributed by atoms with E-state index in [-0.39, 0.29) is 5.91 Å². The van der Waals surface area contributed by atoms with Gasteiger partial charge in [-0.15, -0.1) is 0 Å². The standard InChI is InChI=1S/C23H37N7O2/c1-3-28-8-4-5-21(28)17-29(15-19-6-9-27(10-7-19)11-12-32-2)22(31)13-20-14-24-23-25-18-26-30(23)16-20/h14,16,18-19,21H,3-13,15,17H2,1-2H3. The van der Waals surface area contributed by atoms with Crippen LogP contribution in [0.2, 0.25) is 0 Å². The number of nitrogens with zero attached hydrogens (tertiary/aromatic N) is 7. The van der Waals surface area contributed by atoms with Crippen LogP contribution >= 0.6 is 0 Å². The molecule has 2 aliphatic rings. The van der Waals surface area contributed by atoms with Crippen LogP contribution in [0, 0.1) is 5.92 Å². The van der Waals surface area contributed by atoms with E-state index in [1.165, 1.54) is 19.2 Å². The summed E-state index contributed by atoms with van der Waals surface area (Å²) in [6.45, 7) is 10.1. The molecule has 9 nitrogen and oxygen atoms in total. The molecule has 1 atom stereocenters. The minimum atomic E-state index is 0.191. The van der Waals surface area contributed by atoms with E-state index in [0.29, 0.717) is 24.2 Å². The Labute approximate surface area is 190 Å². The summed E-state index contributed by atoms with van der Waals surface area (Å²) in [5.74, 6) is 1.31. The summed E-state index contributed by atoms with van der Waals surface area (Å²) in [7, 11) is 1.76. The zero-order valence-electron chi connectivity index (χ0n) is 19.5. The van der Waals surface area contributed by atoms with Gasteiger partial charge in [-0.2, -0.15) is 10.1 Å². The van der Waals surface area contributed by atoms with Gasteiger partial charge in [0.2, 0.25) is 5.91 Å². The van der Waals surface area contributed by atoms with Crippen LogP contribution in [0.1, 0.15) is 38.2 Å². The van der Waals surface area contributed by atoms with Crippen LogP contribution in [-0.2, 0) is 16.0 Å². The van der Waals surface area contributed by atoms with E-state index in [1.54, 1.807) is 17.8 Å². The van der Waals surface area contributed by atoms with Gasteiger partial charge in [-0.05, 0) is 63.3 Å². The van der Waals surface area contributed by atoms with Gasteiger partial charge < -0.3 is 14.5 Å². The van der Waals surface area contributed by atoms with E-state index < -0.39 is 0 Å². The maximum Gasteiger partial charge on any atom is 0.252 e. The van der Waals surface area contributed by atoms with Crippen LogP contribution in [0.5, 0.6) is 0 Å². The normalized spacial score (nSPS) is 20.9. The Morgan fingerprint density at radius 2 is 2.03 bits per heavy atom. The SMILES string of the molecule is CCN1CCCC1CN(CC1CCN(CCOC)CC1)C(=O)Cc1cnc2ncnn2c1. The molecule has 2 aromatic rings. The van der Waals surface area contributed by atoms with E-state index in [0.717, 1.165) is 70.8 Å². The first-order chi connectivity index (χ1) is 15.7. The van der Waals surface area contributed by atoms with Crippen LogP contribution in [0.3, 0.4) is 0 Å². The maximum absolute atomic E-state index is 13.5. The van der Waals surface area contributed by atoms with Crippen molar-refractivity contribution in [3.8, 4) is 0 Å². The second-order valence-corrected chi connectivity index (χ2v) is 9.14. The number of hydrogen-bond donors (Lipinski definition) is 0. The van der Waals surface area contributed by atoms with Gasteiger partial charge in [-0.25, -0.2) is 9.50 Å². The number of carbonyl (C=O) groups is 1. The Morgan fingerprint density at radius 3 is 2.81 bits per heavy atom. The zero-order valence-corrected chi connectivity index (χ0v) is 19.5. The van der Waals surface area contributed by atoms with Gasteiger partial charge >= 0.3 is 0 Å². The van der Waals surface area contributed by atoms with Crippen molar-refractivity contribution in [1.82, 2.24) is 34.3 Å². The summed E-state index contributed by atoms with van der Waals surface area (Å²) in [5.41, 5.74) is 0.881. The van der Waals surface area contributed by atoms with Crippen LogP contribution in [-0.4, -0.2) is 106 Å². The molecular weight excluding hydrogens is 406 g/mol. The lowest BCUT2D eigenvalue weighted by molar-refractivity contribution is -0.132. The van der Waals surface area contributed by atoms with Crippen molar-refractivity contribution in [3.05, 3.63) is 24.3 Å². The fraction of sp³-hybridized carbons (Fsp3) is 0.739. The number of rotatable bonds is 10. The number of likely N-dealkylation sites (tertiary alicyclic amines) is 2. The number of hydrogen-bond acceptors (Lipinski definition) is 7. The molecule has 0 saturated carbocycles. The summed E-state index contributed by atoms with van der Waals surface area (Å²) >= 11 is 0. The van der Waals surface area contributed by atoms with Crippen LogP contribution in [0.15, 0.2) is 18.7 Å². The van der Waals surface area contributed by atoms with E-state index >= 15 is 0 Å². The van der Waals surface area contributed by atoms with Gasteiger partial charge in [-0.1, -0.05) is 6.92 Å². The predicted octanol–water partition coefficient (Wildman–Crippen LogP) is 1.34. The lowest BCUT2D eigenvalue weighted by Crippen LogP contribution is -2.47. The molecule has 4 heterocycles. The first kappa shape index (κ1) is 23.1. The molecule has 4 rings (SSSR count). The molecule has 2 aliphatic heterocycles. The minimum absolute atomic E-state index is 0.191. The van der Waals surface area contributed by atoms with Gasteiger partial charge in [0.1, 0.15) is 6.33 Å². The highest BCUT2D eigenvalue weighted by molar-refractivity contribution is 5.78. The van der Waals surface area contributed by atoms with E-state index in [1.807, 2.05) is 6.20 Å². The molecule has 0 radical (unpaired) electrons. The second kappa shape index (κ2) is 11.2. The second-order valence-electron chi connectivity index (χ2n) is 9.14. The van der Waals surface area contributed by atoms with Crippen LogP contribution < -0.4 is 0 Å². The highest BCUT2D eigenvalue weighted by atomic mass is 16.5. The van der Waals surface area contributed by atoms with E-state index in [9.17, 15) is 4.79 Å². The lowest BCUT2D eigenvalue weighted by atomic mass is 9.95. The molecule has 2 aromatic heterocycles. The first-order valence-electron chi connectivity index (χ1n) is 12.0. The van der Waals surface area contributed by atoms with Gasteiger partial charge in [0.05, 0.1) is 13.0 Å². The molecule has 0 spiro atoms. The molecule has 9 heteroatoms. The zero-order chi connectivity index (χ0) is 22.3. The Kier molecular flexibility index (Phi) is 8.05. The predicted molar refractivity (Wildman–Crippen MR) is 122 cm³/mol. The Morgan fingerprint density at radius 1 is 1.19 bits per heavy atom. The molecule has 1 unspecified atom stereocenters. The molecule has 2 saturated heterocycles. The van der Waals surface area contributed by atoms with Crippen molar-refractivity contribution in [3.63, 3.8) is 0 Å². The first-order valence-corrected chi connectivity index (χ1v) is 12.0. The van der Waals surface area contributed by atoms with Gasteiger partial charge in [0.15, 0.2) is 0 Å². The van der Waals surface area contributed by atoms with Crippen molar-refractivity contribution < 1.29 is 9.53 Å². The summed E-state index contributed by atoms with van der Waals surface area (Å²) < 4.78 is 6.86. The topological polar surface area (TPSA) is 79.1 Å². The van der Waals surface area contributed by atoms with E-state index in [2.05, 4.69) is 36.7 Å². The van der Waals surface area contributed by atoms with Crippen molar-refractivity contribution in [2.75, 3.05) is 59.5 Å². The molecule has 0 aliphatic carbocycles. The minimum Gasteiger partial charge on any atom is -0.383 e. The van der Waals surface area contributed by atoms with Crippen LogP contribution in [0.25, 0.3) is 5.78 Å². The monoisotopic (exact) mass is 443 g/mol.